The van der Waals surface area contributed by atoms with Gasteiger partial charge in [0.05, 0.1) is 6.54 Å². The number of carbonyl (C=O) groups is 2. The van der Waals surface area contributed by atoms with Crippen LogP contribution in [0.5, 0.6) is 0 Å². The van der Waals surface area contributed by atoms with E-state index in [1.54, 1.807) is 0 Å². The monoisotopic (exact) mass is 260 g/mol. The van der Waals surface area contributed by atoms with Gasteiger partial charge in [0.1, 0.15) is 6.61 Å². The molecule has 1 fully saturated rings. The average Bonchev–Trinajstić information content (AvgIpc) is 2.46. The standard InChI is InChI=1S/C6H7Cl3N2O3/c7-6(8,9)3-14-5(13)11-2-1-4(12)10-11/h1-3H2,(H,10,12). The average molecular weight is 261 g/mol. The molecule has 2 amide bonds. The van der Waals surface area contributed by atoms with Gasteiger partial charge in [-0.2, -0.15) is 0 Å². The van der Waals surface area contributed by atoms with Gasteiger partial charge in [-0.15, -0.1) is 0 Å². The van der Waals surface area contributed by atoms with Crippen LogP contribution in [-0.4, -0.2) is 34.0 Å². The molecule has 0 unspecified atom stereocenters. The minimum Gasteiger partial charge on any atom is -0.444 e. The molecule has 1 heterocycles. The quantitative estimate of drug-likeness (QED) is 0.722. The molecule has 1 N–H and O–H groups in total. The molecule has 0 saturated carbocycles. The normalized spacial score (nSPS) is 16.8. The van der Waals surface area contributed by atoms with E-state index in [0.717, 1.165) is 5.01 Å². The van der Waals surface area contributed by atoms with Gasteiger partial charge in [0.25, 0.3) is 0 Å². The largest absolute Gasteiger partial charge is 0.444 e. The summed E-state index contributed by atoms with van der Waals surface area (Å²) in [6, 6.07) is 0. The summed E-state index contributed by atoms with van der Waals surface area (Å²) in [6.07, 6.45) is -0.481. The van der Waals surface area contributed by atoms with Crippen molar-refractivity contribution in [1.29, 1.82) is 0 Å². The van der Waals surface area contributed by atoms with Gasteiger partial charge in [-0.05, 0) is 0 Å². The van der Waals surface area contributed by atoms with Crippen molar-refractivity contribution in [3.05, 3.63) is 0 Å². The van der Waals surface area contributed by atoms with Crippen molar-refractivity contribution in [3.63, 3.8) is 0 Å². The fourth-order valence-corrected chi connectivity index (χ4v) is 0.998. The topological polar surface area (TPSA) is 58.6 Å². The fourth-order valence-electron chi connectivity index (χ4n) is 0.834. The minimum absolute atomic E-state index is 0.240. The molecular formula is C6H7Cl3N2O3. The highest BCUT2D eigenvalue weighted by atomic mass is 35.6. The summed E-state index contributed by atoms with van der Waals surface area (Å²) in [5, 5.41) is 1.03. The lowest BCUT2D eigenvalue weighted by Crippen LogP contribution is -2.39. The highest BCUT2D eigenvalue weighted by molar-refractivity contribution is 6.67. The van der Waals surface area contributed by atoms with E-state index in [-0.39, 0.29) is 25.5 Å². The second-order valence-electron chi connectivity index (χ2n) is 2.61. The van der Waals surface area contributed by atoms with Gasteiger partial charge in [-0.25, -0.2) is 9.80 Å². The highest BCUT2D eigenvalue weighted by Gasteiger charge is 2.28. The molecule has 1 aliphatic rings. The molecule has 80 valence electrons. The first kappa shape index (κ1) is 11.7. The Labute approximate surface area is 95.2 Å². The first-order chi connectivity index (χ1) is 6.38. The van der Waals surface area contributed by atoms with E-state index in [2.05, 4.69) is 10.2 Å². The van der Waals surface area contributed by atoms with Crippen molar-refractivity contribution >= 4 is 46.8 Å². The predicted octanol–water partition coefficient (Wildman–Crippen LogP) is 1.23. The second kappa shape index (κ2) is 4.42. The van der Waals surface area contributed by atoms with Crippen molar-refractivity contribution in [2.45, 2.75) is 10.2 Å². The summed E-state index contributed by atoms with van der Waals surface area (Å²) >= 11 is 16.1. The number of nitrogens with one attached hydrogen (secondary N) is 1. The Bertz CT molecular complexity index is 253. The summed E-state index contributed by atoms with van der Waals surface area (Å²) in [5.74, 6) is -0.240. The van der Waals surface area contributed by atoms with E-state index in [1.165, 1.54) is 0 Å². The van der Waals surface area contributed by atoms with E-state index in [4.69, 9.17) is 34.8 Å². The van der Waals surface area contributed by atoms with E-state index >= 15 is 0 Å². The molecule has 1 aliphatic heterocycles. The summed E-state index contributed by atoms with van der Waals surface area (Å²) in [4.78, 5) is 21.9. The Morgan fingerprint density at radius 2 is 2.21 bits per heavy atom. The van der Waals surface area contributed by atoms with E-state index in [1.807, 2.05) is 0 Å². The van der Waals surface area contributed by atoms with Gasteiger partial charge in [-0.1, -0.05) is 34.8 Å². The van der Waals surface area contributed by atoms with E-state index < -0.39 is 9.89 Å². The second-order valence-corrected chi connectivity index (χ2v) is 5.12. The smallest absolute Gasteiger partial charge is 0.428 e. The molecular weight excluding hydrogens is 254 g/mol. The summed E-state index contributed by atoms with van der Waals surface area (Å²) in [5.41, 5.74) is 2.28. The molecule has 0 spiro atoms. The molecule has 0 aliphatic carbocycles. The van der Waals surface area contributed by atoms with Gasteiger partial charge in [0.15, 0.2) is 0 Å². The molecule has 0 atom stereocenters. The van der Waals surface area contributed by atoms with Crippen molar-refractivity contribution in [2.75, 3.05) is 13.2 Å². The third kappa shape index (κ3) is 3.77. The fraction of sp³-hybridized carbons (Fsp3) is 0.667. The SMILES string of the molecule is O=C1CCN(C(=O)OCC(Cl)(Cl)Cl)N1. The zero-order valence-electron chi connectivity index (χ0n) is 6.93. The van der Waals surface area contributed by atoms with Crippen LogP contribution in [0.4, 0.5) is 4.79 Å². The zero-order valence-corrected chi connectivity index (χ0v) is 9.19. The van der Waals surface area contributed by atoms with Gasteiger partial charge >= 0.3 is 6.09 Å². The van der Waals surface area contributed by atoms with Crippen LogP contribution in [0.1, 0.15) is 6.42 Å². The number of rotatable bonds is 1. The lowest BCUT2D eigenvalue weighted by atomic mass is 10.4. The van der Waals surface area contributed by atoms with Crippen LogP contribution in [0.3, 0.4) is 0 Å². The van der Waals surface area contributed by atoms with Crippen molar-refractivity contribution < 1.29 is 14.3 Å². The van der Waals surface area contributed by atoms with Crippen molar-refractivity contribution in [2.24, 2.45) is 0 Å². The molecule has 0 aromatic rings. The number of ether oxygens (including phenoxy) is 1. The number of halogens is 3. The summed E-state index contributed by atoms with van der Waals surface area (Å²) in [6.45, 7) is -0.0968. The summed E-state index contributed by atoms with van der Waals surface area (Å²) in [7, 11) is 0. The highest BCUT2D eigenvalue weighted by Crippen LogP contribution is 2.26. The van der Waals surface area contributed by atoms with Crippen LogP contribution < -0.4 is 5.43 Å². The number of hydrogen-bond acceptors (Lipinski definition) is 3. The molecule has 14 heavy (non-hydrogen) atoms. The molecule has 1 saturated heterocycles. The minimum atomic E-state index is -1.64. The summed E-state index contributed by atoms with van der Waals surface area (Å²) < 4.78 is 2.98. The van der Waals surface area contributed by atoms with Crippen molar-refractivity contribution in [3.8, 4) is 0 Å². The predicted molar refractivity (Wildman–Crippen MR) is 51.1 cm³/mol. The van der Waals surface area contributed by atoms with Gasteiger partial charge in [0.2, 0.25) is 9.70 Å². The first-order valence-electron chi connectivity index (χ1n) is 3.69. The Hall–Kier alpha value is -0.390. The maximum Gasteiger partial charge on any atom is 0.428 e. The molecule has 1 rings (SSSR count). The Balaban J connectivity index is 2.32. The number of amides is 2. The van der Waals surface area contributed by atoms with Crippen LogP contribution >= 0.6 is 34.8 Å². The van der Waals surface area contributed by atoms with Crippen LogP contribution in [0.15, 0.2) is 0 Å². The maximum absolute atomic E-state index is 11.2. The third-order valence-electron chi connectivity index (χ3n) is 1.40. The number of nitrogens with zero attached hydrogens (tertiary/aromatic N) is 1. The lowest BCUT2D eigenvalue weighted by molar-refractivity contribution is -0.120. The number of hydrogen-bond donors (Lipinski definition) is 1. The van der Waals surface area contributed by atoms with Gasteiger partial charge < -0.3 is 4.74 Å². The molecule has 5 nitrogen and oxygen atoms in total. The molecule has 8 heteroatoms. The molecule has 0 bridgehead atoms. The zero-order chi connectivity index (χ0) is 10.8. The Kier molecular flexibility index (Phi) is 3.69. The molecule has 0 aromatic carbocycles. The van der Waals surface area contributed by atoms with Gasteiger partial charge in [0, 0.05) is 6.42 Å². The van der Waals surface area contributed by atoms with Gasteiger partial charge in [-0.3, -0.25) is 10.2 Å². The maximum atomic E-state index is 11.2. The van der Waals surface area contributed by atoms with Crippen LogP contribution in [-0.2, 0) is 9.53 Å². The third-order valence-corrected chi connectivity index (χ3v) is 1.73. The molecule has 0 aromatic heterocycles. The van der Waals surface area contributed by atoms with E-state index in [0.29, 0.717) is 0 Å². The number of alkyl halides is 3. The van der Waals surface area contributed by atoms with Crippen LogP contribution in [0, 0.1) is 0 Å². The number of carbonyl (C=O) groups excluding carboxylic acids is 2. The van der Waals surface area contributed by atoms with Crippen LogP contribution in [0.25, 0.3) is 0 Å². The lowest BCUT2D eigenvalue weighted by Gasteiger charge is -2.17. The Morgan fingerprint density at radius 1 is 1.57 bits per heavy atom. The molecule has 0 radical (unpaired) electrons. The number of hydrazine groups is 1. The first-order valence-corrected chi connectivity index (χ1v) is 4.82. The Morgan fingerprint density at radius 3 is 2.64 bits per heavy atom. The van der Waals surface area contributed by atoms with Crippen LogP contribution in [0.2, 0.25) is 0 Å². The van der Waals surface area contributed by atoms with Crippen molar-refractivity contribution in [1.82, 2.24) is 10.4 Å². The van der Waals surface area contributed by atoms with E-state index in [9.17, 15) is 9.59 Å².